The first kappa shape index (κ1) is 103. The van der Waals surface area contributed by atoms with Crippen LogP contribution < -0.4 is 16.0 Å². The minimum absolute atomic E-state index is 0.172. The Kier molecular flexibility index (Phi) is 49.6. The Labute approximate surface area is 694 Å². The van der Waals surface area contributed by atoms with Crippen molar-refractivity contribution in [3.05, 3.63) is 24.3 Å². The van der Waals surface area contributed by atoms with Gasteiger partial charge in [0.05, 0.1) is 58.4 Å². The van der Waals surface area contributed by atoms with Gasteiger partial charge in [0.25, 0.3) is 0 Å². The van der Waals surface area contributed by atoms with Gasteiger partial charge in [0.1, 0.15) is 146 Å². The van der Waals surface area contributed by atoms with E-state index in [1.165, 1.54) is 128 Å². The molecule has 3 amide bonds. The molecule has 6 aliphatic rings. The van der Waals surface area contributed by atoms with Crippen LogP contribution in [-0.4, -0.2) is 352 Å². The number of rotatable bonds is 57. The SMILES string of the molecule is CCCCCCCC/C=C\CCCCCCCCCCCCCC(=O)N[C@@H](CO[C@@H]1OC(CO)[C@@H](O[C@@H]2OC(CO)[C@H](O)[C@H](O[C@@H]3OC(CO)[C@@H](O[C@@H]4OC(CO)[C@H](O)[C@H](O[C@@H]5OC(CO)[C@@H](O[C@@H]6OC(CO)[C@H](O)[C@H](O)C6O)[C@H](O)C5NC(C)=O)C4O)[C@H](O)C3NC(C)=O)C2O)[C@H](O)C1O)[C@H](O)/C=C/CCCCCCCCCCCCC. The van der Waals surface area contributed by atoms with E-state index in [0.717, 1.165) is 71.6 Å². The lowest BCUT2D eigenvalue weighted by Gasteiger charge is -2.51. The van der Waals surface area contributed by atoms with Crippen LogP contribution in [-0.2, 0) is 71.2 Å². The molecule has 0 aromatic rings. The molecule has 6 fully saturated rings. The van der Waals surface area contributed by atoms with Crippen molar-refractivity contribution >= 4 is 17.7 Å². The second-order valence-electron chi connectivity index (χ2n) is 32.4. The number of hydrogen-bond acceptors (Lipinski definition) is 33. The first-order valence-electron chi connectivity index (χ1n) is 43.6. The first-order chi connectivity index (χ1) is 56.8. The summed E-state index contributed by atoms with van der Waals surface area (Å²) >= 11 is 0. The van der Waals surface area contributed by atoms with Crippen molar-refractivity contribution in [2.75, 3.05) is 46.2 Å². The van der Waals surface area contributed by atoms with E-state index in [9.17, 15) is 106 Å². The van der Waals surface area contributed by atoms with Gasteiger partial charge in [-0.1, -0.05) is 192 Å². The summed E-state index contributed by atoms with van der Waals surface area (Å²) in [6.45, 7) is 0.0925. The molecule has 21 N–H and O–H groups in total. The van der Waals surface area contributed by atoms with Gasteiger partial charge in [-0.25, -0.2) is 0 Å². The monoisotopic (exact) mass is 1700 g/mol. The molecule has 0 radical (unpaired) electrons. The standard InChI is InChI=1S/C82H147N3O33/c1-5-7-9-11-13-15-17-19-20-21-22-23-24-25-26-28-30-32-34-36-38-40-58(95)85-50(51(94)39-37-35-33-31-29-27-18-16-14-12-10-8-6-2)47-107-79-69(104)67(102)74(57(46-91)113-79)116-82-71(106)76(63(98)54(43-88)110-82)118-78-60(84-49(4)93)65(100)73(56(45-90)112-78)115-81-70(105)75(62(97)53(42-87)109-81)117-77-59(83-48(3)92)64(99)72(55(44-89)111-77)114-80-68(103)66(101)61(96)52(41-86)108-80/h19-20,37,39,50-57,59-82,86-91,94,96-106H,5-18,21-36,38,40-47H2,1-4H3,(H,83,92)(H,84,93)(H,85,95)/b20-19-,39-37+/t50-,51+,52?,53?,54?,55?,56?,57?,59?,60?,61-,62-,63-,64+,65+,66-,67+,68?,69?,70?,71?,72+,73+,74+,75-,76-,77-,78-,79+,80-,81-,82-/m0/s1. The molecule has 6 aliphatic heterocycles. The molecule has 0 aliphatic carbocycles. The number of nitrogens with one attached hydrogen (secondary N) is 3. The van der Waals surface area contributed by atoms with E-state index in [4.69, 9.17) is 56.8 Å². The number of carbonyl (C=O) groups excluding carboxylic acids is 3. The van der Waals surface area contributed by atoms with Gasteiger partial charge < -0.3 is 165 Å². The second kappa shape index (κ2) is 56.6. The van der Waals surface area contributed by atoms with Crippen molar-refractivity contribution in [2.24, 2.45) is 0 Å². The number of hydrogen-bond donors (Lipinski definition) is 21. The van der Waals surface area contributed by atoms with Crippen LogP contribution in [0.15, 0.2) is 24.3 Å². The van der Waals surface area contributed by atoms with Crippen LogP contribution in [0, 0.1) is 0 Å². The molecule has 118 heavy (non-hydrogen) atoms. The zero-order valence-electron chi connectivity index (χ0n) is 69.5. The number of unbranched alkanes of at least 4 members (excludes halogenated alkanes) is 28. The molecule has 36 heteroatoms. The molecule has 12 unspecified atom stereocenters. The van der Waals surface area contributed by atoms with Crippen LogP contribution in [0.5, 0.6) is 0 Å². The van der Waals surface area contributed by atoms with Gasteiger partial charge in [0.15, 0.2) is 37.7 Å². The van der Waals surface area contributed by atoms with Crippen molar-refractivity contribution in [2.45, 2.75) is 429 Å². The third-order valence-corrected chi connectivity index (χ3v) is 22.9. The van der Waals surface area contributed by atoms with E-state index in [1.807, 2.05) is 6.08 Å². The van der Waals surface area contributed by atoms with E-state index in [1.54, 1.807) is 6.08 Å². The average Bonchev–Trinajstić information content (AvgIpc) is 0.771. The number of allylic oxidation sites excluding steroid dienone is 3. The van der Waals surface area contributed by atoms with Crippen LogP contribution in [0.25, 0.3) is 0 Å². The number of aliphatic hydroxyl groups excluding tert-OH is 18. The summed E-state index contributed by atoms with van der Waals surface area (Å²) in [5, 5.41) is 208. The van der Waals surface area contributed by atoms with Crippen LogP contribution in [0.4, 0.5) is 0 Å². The normalized spacial score (nSPS) is 36.0. The molecular formula is C82H147N3O33. The van der Waals surface area contributed by atoms with Crippen molar-refractivity contribution in [1.29, 1.82) is 0 Å². The van der Waals surface area contributed by atoms with Crippen molar-refractivity contribution < 1.29 is 163 Å². The molecule has 6 saturated heterocycles. The maximum Gasteiger partial charge on any atom is 0.220 e. The van der Waals surface area contributed by atoms with E-state index in [2.05, 4.69) is 41.9 Å². The van der Waals surface area contributed by atoms with Crippen LogP contribution in [0.1, 0.15) is 233 Å². The summed E-state index contributed by atoms with van der Waals surface area (Å²) in [6, 6.07) is -4.67. The lowest BCUT2D eigenvalue weighted by Crippen LogP contribution is -2.70. The zero-order valence-corrected chi connectivity index (χ0v) is 69.5. The van der Waals surface area contributed by atoms with Gasteiger partial charge in [-0.05, 0) is 44.9 Å². The minimum Gasteiger partial charge on any atom is -0.394 e. The summed E-state index contributed by atoms with van der Waals surface area (Å²) in [4.78, 5) is 39.2. The smallest absolute Gasteiger partial charge is 0.220 e. The third-order valence-electron chi connectivity index (χ3n) is 22.9. The molecule has 0 saturated carbocycles. The molecule has 0 aromatic carbocycles. The van der Waals surface area contributed by atoms with Crippen molar-refractivity contribution in [3.63, 3.8) is 0 Å². The molecule has 0 spiro atoms. The molecule has 32 atom stereocenters. The molecule has 6 rings (SSSR count). The van der Waals surface area contributed by atoms with Gasteiger partial charge in [-0.15, -0.1) is 0 Å². The Bertz CT molecular complexity index is 2760. The fourth-order valence-corrected chi connectivity index (χ4v) is 15.9. The number of aliphatic hydroxyl groups is 18. The number of carbonyl (C=O) groups is 3. The zero-order chi connectivity index (χ0) is 86.2. The third kappa shape index (κ3) is 32.6. The highest BCUT2D eigenvalue weighted by Crippen LogP contribution is 2.38. The predicted octanol–water partition coefficient (Wildman–Crippen LogP) is -0.307. The highest BCUT2D eigenvalue weighted by atomic mass is 16.8. The maximum atomic E-state index is 13.6. The average molecular weight is 1700 g/mol. The minimum atomic E-state index is -2.24. The molecule has 688 valence electrons. The van der Waals surface area contributed by atoms with E-state index in [-0.39, 0.29) is 12.3 Å². The summed E-state index contributed by atoms with van der Waals surface area (Å²) in [7, 11) is 0. The fraction of sp³-hybridized carbons (Fsp3) is 0.915. The molecular weight excluding hydrogens is 1550 g/mol. The predicted molar refractivity (Wildman–Crippen MR) is 421 cm³/mol. The number of amides is 3. The Morgan fingerprint density at radius 3 is 1.01 bits per heavy atom. The summed E-state index contributed by atoms with van der Waals surface area (Å²) in [6.07, 6.45) is -11.0. The summed E-state index contributed by atoms with van der Waals surface area (Å²) < 4.78 is 70.9. The van der Waals surface area contributed by atoms with Gasteiger partial charge in [-0.2, -0.15) is 0 Å². The topological polar surface area (TPSA) is 562 Å². The molecule has 36 nitrogen and oxygen atoms in total. The molecule has 0 bridgehead atoms. The summed E-state index contributed by atoms with van der Waals surface area (Å²) in [5.41, 5.74) is 0. The van der Waals surface area contributed by atoms with Crippen molar-refractivity contribution in [3.8, 4) is 0 Å². The van der Waals surface area contributed by atoms with Crippen LogP contribution in [0.3, 0.4) is 0 Å². The fourth-order valence-electron chi connectivity index (χ4n) is 15.9. The van der Waals surface area contributed by atoms with Gasteiger partial charge in [0, 0.05) is 20.3 Å². The highest BCUT2D eigenvalue weighted by molar-refractivity contribution is 5.76. The Balaban J connectivity index is 1.06. The lowest BCUT2D eigenvalue weighted by atomic mass is 9.93. The largest absolute Gasteiger partial charge is 0.394 e. The second-order valence-corrected chi connectivity index (χ2v) is 32.4. The van der Waals surface area contributed by atoms with Crippen LogP contribution in [0.2, 0.25) is 0 Å². The van der Waals surface area contributed by atoms with E-state index in [0.29, 0.717) is 12.8 Å². The summed E-state index contributed by atoms with van der Waals surface area (Å²) in [5.74, 6) is -2.05. The molecule has 0 aromatic heterocycles. The molecule has 6 heterocycles. The van der Waals surface area contributed by atoms with E-state index < -0.39 is 254 Å². The van der Waals surface area contributed by atoms with Gasteiger partial charge >= 0.3 is 0 Å². The van der Waals surface area contributed by atoms with Gasteiger partial charge in [-0.3, -0.25) is 14.4 Å². The first-order valence-corrected chi connectivity index (χ1v) is 43.6. The lowest BCUT2D eigenvalue weighted by molar-refractivity contribution is -0.387. The Morgan fingerprint density at radius 1 is 0.331 bits per heavy atom. The quantitative estimate of drug-likeness (QED) is 0.0274. The number of ether oxygens (including phenoxy) is 12. The Morgan fingerprint density at radius 2 is 0.636 bits per heavy atom. The van der Waals surface area contributed by atoms with Crippen LogP contribution >= 0.6 is 0 Å². The van der Waals surface area contributed by atoms with Gasteiger partial charge in [0.2, 0.25) is 17.7 Å². The maximum absolute atomic E-state index is 13.6. The van der Waals surface area contributed by atoms with Crippen molar-refractivity contribution in [1.82, 2.24) is 16.0 Å². The van der Waals surface area contributed by atoms with E-state index >= 15 is 0 Å². The highest BCUT2D eigenvalue weighted by Gasteiger charge is 2.59. The Hall–Kier alpha value is -3.31.